The normalized spacial score (nSPS) is 6.12. The van der Waals surface area contributed by atoms with Gasteiger partial charge in [0.15, 0.2) is 0 Å². The Morgan fingerprint density at radius 2 is 2.00 bits per heavy atom. The number of hydrogen-bond acceptors (Lipinski definition) is 3. The molecule has 0 bridgehead atoms. The first-order chi connectivity index (χ1) is 2.91. The third-order valence-corrected chi connectivity index (χ3v) is 0.437. The van der Waals surface area contributed by atoms with Crippen molar-refractivity contribution in [1.29, 1.82) is 0 Å². The maximum atomic E-state index is 9.33. The molecule has 0 fully saturated rings. The molecule has 0 saturated carbocycles. The van der Waals surface area contributed by atoms with E-state index in [-0.39, 0.29) is 41.6 Å². The molecule has 0 aromatic heterocycles. The molecule has 8 heavy (non-hydrogen) atoms. The number of rotatable bonds is 3. The number of hydrogen-bond donors (Lipinski definition) is 1. The molecule has 0 aromatic carbocycles. The van der Waals surface area contributed by atoms with Crippen LogP contribution in [0.3, 0.4) is 0 Å². The van der Waals surface area contributed by atoms with Gasteiger partial charge in [0.1, 0.15) is 0 Å². The summed E-state index contributed by atoms with van der Waals surface area (Å²) in [4.78, 5) is 9.33. The van der Waals surface area contributed by atoms with Crippen molar-refractivity contribution in [3.05, 3.63) is 0 Å². The minimum Gasteiger partial charge on any atom is -0.870 e. The molecule has 3 nitrogen and oxygen atoms in total. The minimum absolute atomic E-state index is 0. The van der Waals surface area contributed by atoms with E-state index in [9.17, 15) is 4.79 Å². The van der Waals surface area contributed by atoms with Crippen molar-refractivity contribution in [2.75, 3.05) is 6.61 Å². The summed E-state index contributed by atoms with van der Waals surface area (Å²) in [5.74, 6) is 0. The van der Waals surface area contributed by atoms with E-state index in [1.807, 2.05) is 0 Å². The summed E-state index contributed by atoms with van der Waals surface area (Å²) in [6, 6.07) is 0. The number of unbranched alkanes of at least 4 members (excludes halogenated alkanes) is 1. The molecule has 0 heterocycles. The predicted octanol–water partition coefficient (Wildman–Crippen LogP) is -3.30. The molecule has 0 radical (unpaired) electrons. The van der Waals surface area contributed by atoms with E-state index in [2.05, 4.69) is 0 Å². The van der Waals surface area contributed by atoms with Crippen LogP contribution in [-0.2, 0) is 4.79 Å². The molecule has 0 rings (SSSR count). The molecule has 0 unspecified atom stereocenters. The molecule has 44 valence electrons. The van der Waals surface area contributed by atoms with Gasteiger partial charge in [-0.05, 0) is 0 Å². The van der Waals surface area contributed by atoms with Crippen LogP contribution in [-0.4, -0.2) is 23.5 Å². The third-order valence-electron chi connectivity index (χ3n) is 0.437. The van der Waals surface area contributed by atoms with Gasteiger partial charge >= 0.3 is 29.6 Å². The largest absolute Gasteiger partial charge is 1.00 e. The van der Waals surface area contributed by atoms with E-state index in [1.165, 1.54) is 0 Å². The van der Waals surface area contributed by atoms with Gasteiger partial charge in [0, 0.05) is 6.61 Å². The Labute approximate surface area is 70.7 Å². The summed E-state index contributed by atoms with van der Waals surface area (Å²) < 4.78 is 0. The van der Waals surface area contributed by atoms with E-state index in [0.29, 0.717) is 12.8 Å². The van der Waals surface area contributed by atoms with Crippen LogP contribution in [0.15, 0.2) is 0 Å². The van der Waals surface area contributed by atoms with E-state index in [4.69, 9.17) is 5.11 Å². The summed E-state index contributed by atoms with van der Waals surface area (Å²) in [7, 11) is 0. The second-order valence-corrected chi connectivity index (χ2v) is 0.971. The predicted molar refractivity (Wildman–Crippen MR) is 23.9 cm³/mol. The SMILES string of the molecule is O=[C-]CCCO.[Na+].[OH-]. The third kappa shape index (κ3) is 16.0. The van der Waals surface area contributed by atoms with Gasteiger partial charge in [0.25, 0.3) is 0 Å². The minimum atomic E-state index is 0. The van der Waals surface area contributed by atoms with Gasteiger partial charge in [-0.15, -0.1) is 0 Å². The molecule has 4 heteroatoms. The fourth-order valence-corrected chi connectivity index (χ4v) is 0.151. The molecule has 2 N–H and O–H groups in total. The number of carbonyl (C=O) groups excluding carboxylic acids is 1. The smallest absolute Gasteiger partial charge is 0.870 e. The van der Waals surface area contributed by atoms with Crippen LogP contribution in [0.1, 0.15) is 12.8 Å². The summed E-state index contributed by atoms with van der Waals surface area (Å²) in [6.07, 6.45) is 2.56. The van der Waals surface area contributed by atoms with E-state index < -0.39 is 0 Å². The van der Waals surface area contributed by atoms with Crippen LogP contribution in [0.5, 0.6) is 0 Å². The van der Waals surface area contributed by atoms with E-state index in [1.54, 1.807) is 6.29 Å². The Kier molecular flexibility index (Phi) is 31.0. The molecule has 0 spiro atoms. The molecule has 0 aliphatic carbocycles. The first-order valence-corrected chi connectivity index (χ1v) is 1.87. The monoisotopic (exact) mass is 127 g/mol. The first kappa shape index (κ1) is 15.8. The average Bonchev–Trinajstić information content (AvgIpc) is 1.61. The maximum Gasteiger partial charge on any atom is 1.00 e. The van der Waals surface area contributed by atoms with Gasteiger partial charge < -0.3 is 15.4 Å². The van der Waals surface area contributed by atoms with Crippen molar-refractivity contribution in [2.45, 2.75) is 12.8 Å². The Hall–Kier alpha value is 0.590. The Bertz CT molecular complexity index is 40.3. The fourth-order valence-electron chi connectivity index (χ4n) is 0.151. The molecular weight excluding hydrogens is 119 g/mol. The van der Waals surface area contributed by atoms with E-state index >= 15 is 0 Å². The molecular formula is C4H8NaO3-. The van der Waals surface area contributed by atoms with Gasteiger partial charge in [0.05, 0.1) is 0 Å². The second-order valence-electron chi connectivity index (χ2n) is 0.971. The molecule has 0 amide bonds. The summed E-state index contributed by atoms with van der Waals surface area (Å²) in [5.41, 5.74) is 0. The van der Waals surface area contributed by atoms with Gasteiger partial charge in [-0.25, -0.2) is 0 Å². The fraction of sp³-hybridized carbons (Fsp3) is 0.750. The van der Waals surface area contributed by atoms with Crippen molar-refractivity contribution < 1.29 is 44.9 Å². The quantitative estimate of drug-likeness (QED) is 0.245. The van der Waals surface area contributed by atoms with E-state index in [0.717, 1.165) is 0 Å². The van der Waals surface area contributed by atoms with Gasteiger partial charge in [-0.2, -0.15) is 6.42 Å². The van der Waals surface area contributed by atoms with Crippen LogP contribution in [0.25, 0.3) is 0 Å². The number of aliphatic hydroxyl groups excluding tert-OH is 1. The molecule has 0 saturated heterocycles. The molecule has 0 aromatic rings. The summed E-state index contributed by atoms with van der Waals surface area (Å²) >= 11 is 0. The molecule has 0 atom stereocenters. The van der Waals surface area contributed by atoms with Crippen LogP contribution in [0, 0.1) is 0 Å². The zero-order valence-corrected chi connectivity index (χ0v) is 6.92. The topological polar surface area (TPSA) is 67.3 Å². The van der Waals surface area contributed by atoms with Gasteiger partial charge in [-0.1, -0.05) is 6.42 Å². The van der Waals surface area contributed by atoms with Gasteiger partial charge in [-0.3, -0.25) is 6.29 Å². The zero-order chi connectivity index (χ0) is 4.83. The maximum absolute atomic E-state index is 9.33. The zero-order valence-electron chi connectivity index (χ0n) is 4.92. The van der Waals surface area contributed by atoms with Crippen LogP contribution >= 0.6 is 0 Å². The standard InChI is InChI=1S/C4H7O2.Na.H2O/c5-3-1-2-4-6;;/h5H,1-3H2;;1H2/q-1;+1;/p-1. The Morgan fingerprint density at radius 1 is 1.50 bits per heavy atom. The van der Waals surface area contributed by atoms with Crippen molar-refractivity contribution >= 4 is 6.29 Å². The average molecular weight is 127 g/mol. The van der Waals surface area contributed by atoms with Crippen molar-refractivity contribution in [2.24, 2.45) is 0 Å². The van der Waals surface area contributed by atoms with Crippen LogP contribution in [0.4, 0.5) is 0 Å². The summed E-state index contributed by atoms with van der Waals surface area (Å²) in [5, 5.41) is 8.02. The Balaban J connectivity index is -0.000000125. The number of aliphatic hydroxyl groups is 1. The molecule has 0 aliphatic heterocycles. The van der Waals surface area contributed by atoms with Gasteiger partial charge in [0.2, 0.25) is 0 Å². The summed E-state index contributed by atoms with van der Waals surface area (Å²) in [6.45, 7) is 0.0925. The van der Waals surface area contributed by atoms with Crippen LogP contribution < -0.4 is 29.6 Å². The van der Waals surface area contributed by atoms with Crippen molar-refractivity contribution in [3.63, 3.8) is 0 Å². The molecule has 0 aliphatic rings. The Morgan fingerprint density at radius 3 is 2.12 bits per heavy atom. The van der Waals surface area contributed by atoms with Crippen molar-refractivity contribution in [3.8, 4) is 0 Å². The first-order valence-electron chi connectivity index (χ1n) is 1.87. The van der Waals surface area contributed by atoms with Crippen LogP contribution in [0.2, 0.25) is 0 Å². The second kappa shape index (κ2) is 15.6. The van der Waals surface area contributed by atoms with Crippen molar-refractivity contribution in [1.82, 2.24) is 0 Å².